The van der Waals surface area contributed by atoms with E-state index in [1.54, 1.807) is 13.8 Å². The van der Waals surface area contributed by atoms with E-state index >= 15 is 0 Å². The summed E-state index contributed by atoms with van der Waals surface area (Å²) < 4.78 is 25.2. The fourth-order valence-corrected chi connectivity index (χ4v) is 2.55. The first-order valence-electron chi connectivity index (χ1n) is 6.00. The maximum atomic E-state index is 11.8. The van der Waals surface area contributed by atoms with Crippen LogP contribution in [0.5, 0.6) is 0 Å². The topological polar surface area (TPSA) is 54.9 Å². The molecule has 0 amide bonds. The van der Waals surface area contributed by atoms with E-state index in [4.69, 9.17) is 12.2 Å². The minimum absolute atomic E-state index is 0.341. The minimum atomic E-state index is -3.15. The van der Waals surface area contributed by atoms with Crippen LogP contribution in [-0.4, -0.2) is 29.0 Å². The highest BCUT2D eigenvalue weighted by molar-refractivity contribution is 7.92. The van der Waals surface area contributed by atoms with Gasteiger partial charge >= 0.3 is 0 Å². The Morgan fingerprint density at radius 2 is 2.00 bits per heavy atom. The molecule has 6 heteroatoms. The summed E-state index contributed by atoms with van der Waals surface area (Å²) in [6.45, 7) is 5.78. The molecule has 1 aromatic heterocycles. The van der Waals surface area contributed by atoms with Gasteiger partial charge in [0.1, 0.15) is 0 Å². The maximum absolute atomic E-state index is 11.8. The number of nitrogens with zero attached hydrogens (tertiary/aromatic N) is 1. The highest BCUT2D eigenvalue weighted by Gasteiger charge is 2.31. The maximum Gasteiger partial charge on any atom is 0.178 e. The number of sulfone groups is 1. The zero-order valence-corrected chi connectivity index (χ0v) is 13.2. The molecule has 104 valence electrons. The van der Waals surface area contributed by atoms with E-state index in [1.807, 2.05) is 29.7 Å². The second-order valence-corrected chi connectivity index (χ2v) is 8.60. The van der Waals surface area contributed by atoms with Gasteiger partial charge in [-0.05, 0) is 50.7 Å². The van der Waals surface area contributed by atoms with Gasteiger partial charge in [-0.25, -0.2) is 8.42 Å². The van der Waals surface area contributed by atoms with Crippen molar-refractivity contribution in [3.8, 4) is 0 Å². The van der Waals surface area contributed by atoms with E-state index < -0.39 is 14.6 Å². The van der Waals surface area contributed by atoms with Crippen LogP contribution in [0.3, 0.4) is 0 Å². The SMILES string of the molecule is Cc1ccc2[nH]c(=S)n(CC(C)(C)S(C)(=O)=O)c2c1. The Bertz CT molecular complexity index is 783. The zero-order chi connectivity index (χ0) is 14.4. The van der Waals surface area contributed by atoms with E-state index in [1.165, 1.54) is 6.26 Å². The minimum Gasteiger partial charge on any atom is -0.331 e. The molecule has 0 saturated heterocycles. The van der Waals surface area contributed by atoms with Gasteiger partial charge in [0.25, 0.3) is 0 Å². The molecule has 0 radical (unpaired) electrons. The molecule has 0 saturated carbocycles. The van der Waals surface area contributed by atoms with Crippen LogP contribution >= 0.6 is 12.2 Å². The van der Waals surface area contributed by atoms with Gasteiger partial charge in [0.2, 0.25) is 0 Å². The predicted molar refractivity (Wildman–Crippen MR) is 80.8 cm³/mol. The van der Waals surface area contributed by atoms with Crippen molar-refractivity contribution < 1.29 is 8.42 Å². The number of fused-ring (bicyclic) bond motifs is 1. The summed E-state index contributed by atoms with van der Waals surface area (Å²) in [5, 5.41) is 0. The number of aromatic nitrogens is 2. The standard InChI is InChI=1S/C13H18N2O2S2/c1-9-5-6-10-11(7-9)15(12(18)14-10)8-13(2,3)19(4,16)17/h5-7H,8H2,1-4H3,(H,14,18). The lowest BCUT2D eigenvalue weighted by molar-refractivity contribution is 0.506. The monoisotopic (exact) mass is 298 g/mol. The van der Waals surface area contributed by atoms with E-state index in [0.717, 1.165) is 16.6 Å². The molecular formula is C13H18N2O2S2. The fourth-order valence-electron chi connectivity index (χ4n) is 1.92. The average molecular weight is 298 g/mol. The number of H-pyrrole nitrogens is 1. The molecule has 1 aromatic carbocycles. The summed E-state index contributed by atoms with van der Waals surface area (Å²) in [6.07, 6.45) is 1.26. The molecule has 0 aliphatic carbocycles. The summed E-state index contributed by atoms with van der Waals surface area (Å²) in [7, 11) is -3.15. The van der Waals surface area contributed by atoms with Crippen molar-refractivity contribution in [2.24, 2.45) is 0 Å². The molecule has 1 N–H and O–H groups in total. The molecule has 0 spiro atoms. The van der Waals surface area contributed by atoms with Crippen LogP contribution in [0.15, 0.2) is 18.2 Å². The highest BCUT2D eigenvalue weighted by Crippen LogP contribution is 2.23. The first-order valence-corrected chi connectivity index (χ1v) is 8.30. The number of benzene rings is 1. The Hall–Kier alpha value is -1.14. The van der Waals surface area contributed by atoms with Gasteiger partial charge in [-0.3, -0.25) is 0 Å². The molecule has 0 aliphatic rings. The summed E-state index contributed by atoms with van der Waals surface area (Å²) in [5.74, 6) is 0. The normalized spacial score (nSPS) is 13.1. The van der Waals surface area contributed by atoms with Crippen LogP contribution < -0.4 is 0 Å². The third kappa shape index (κ3) is 2.60. The molecule has 0 unspecified atom stereocenters. The smallest absolute Gasteiger partial charge is 0.178 e. The van der Waals surface area contributed by atoms with Crippen molar-refractivity contribution in [2.75, 3.05) is 6.26 Å². The lowest BCUT2D eigenvalue weighted by Crippen LogP contribution is -2.35. The number of rotatable bonds is 3. The van der Waals surface area contributed by atoms with Crippen molar-refractivity contribution in [3.63, 3.8) is 0 Å². The van der Waals surface area contributed by atoms with E-state index in [-0.39, 0.29) is 0 Å². The summed E-state index contributed by atoms with van der Waals surface area (Å²) in [5.41, 5.74) is 2.99. The number of hydrogen-bond donors (Lipinski definition) is 1. The quantitative estimate of drug-likeness (QED) is 0.887. The summed E-state index contributed by atoms with van der Waals surface area (Å²) >= 11 is 5.30. The van der Waals surface area contributed by atoms with Gasteiger partial charge in [-0.1, -0.05) is 6.07 Å². The molecule has 0 fully saturated rings. The van der Waals surface area contributed by atoms with Crippen LogP contribution in [0.25, 0.3) is 11.0 Å². The van der Waals surface area contributed by atoms with Crippen molar-refractivity contribution in [1.82, 2.24) is 9.55 Å². The zero-order valence-electron chi connectivity index (χ0n) is 11.5. The molecular weight excluding hydrogens is 280 g/mol. The first kappa shape index (κ1) is 14.3. The van der Waals surface area contributed by atoms with Crippen molar-refractivity contribution in [2.45, 2.75) is 32.1 Å². The van der Waals surface area contributed by atoms with Crippen LogP contribution in [-0.2, 0) is 16.4 Å². The Labute approximate surface area is 118 Å². The molecule has 2 aromatic rings. The number of nitrogens with one attached hydrogen (secondary N) is 1. The number of imidazole rings is 1. The predicted octanol–water partition coefficient (Wildman–Crippen LogP) is 2.83. The van der Waals surface area contributed by atoms with Gasteiger partial charge in [0.05, 0.1) is 15.8 Å². The molecule has 0 aliphatic heterocycles. The number of aryl methyl sites for hydroxylation is 1. The van der Waals surface area contributed by atoms with E-state index in [0.29, 0.717) is 11.3 Å². The number of aromatic amines is 1. The molecule has 2 rings (SSSR count). The van der Waals surface area contributed by atoms with Crippen LogP contribution in [0.1, 0.15) is 19.4 Å². The third-order valence-corrected chi connectivity index (χ3v) is 5.93. The second kappa shape index (κ2) is 4.45. The van der Waals surface area contributed by atoms with Crippen molar-refractivity contribution in [3.05, 3.63) is 28.5 Å². The Morgan fingerprint density at radius 3 is 2.58 bits per heavy atom. The summed E-state index contributed by atoms with van der Waals surface area (Å²) in [4.78, 5) is 3.11. The molecule has 4 nitrogen and oxygen atoms in total. The van der Waals surface area contributed by atoms with Crippen LogP contribution in [0.4, 0.5) is 0 Å². The van der Waals surface area contributed by atoms with E-state index in [2.05, 4.69) is 4.98 Å². The van der Waals surface area contributed by atoms with E-state index in [9.17, 15) is 8.42 Å². The Kier molecular flexibility index (Phi) is 3.35. The molecule has 1 heterocycles. The second-order valence-electron chi connectivity index (χ2n) is 5.57. The lowest BCUT2D eigenvalue weighted by atomic mass is 10.2. The first-order chi connectivity index (χ1) is 8.62. The van der Waals surface area contributed by atoms with Crippen LogP contribution in [0.2, 0.25) is 0 Å². The van der Waals surface area contributed by atoms with Crippen LogP contribution in [0, 0.1) is 11.7 Å². The molecule has 19 heavy (non-hydrogen) atoms. The lowest BCUT2D eigenvalue weighted by Gasteiger charge is -2.23. The van der Waals surface area contributed by atoms with Gasteiger partial charge in [0.15, 0.2) is 14.6 Å². The average Bonchev–Trinajstić information content (AvgIpc) is 2.54. The van der Waals surface area contributed by atoms with Gasteiger partial charge in [-0.2, -0.15) is 0 Å². The summed E-state index contributed by atoms with van der Waals surface area (Å²) in [6, 6.07) is 5.98. The Balaban J connectivity index is 2.61. The Morgan fingerprint density at radius 1 is 1.37 bits per heavy atom. The van der Waals surface area contributed by atoms with Gasteiger partial charge in [0, 0.05) is 12.8 Å². The number of hydrogen-bond acceptors (Lipinski definition) is 3. The highest BCUT2D eigenvalue weighted by atomic mass is 32.2. The van der Waals surface area contributed by atoms with Gasteiger partial charge in [-0.15, -0.1) is 0 Å². The van der Waals surface area contributed by atoms with Gasteiger partial charge < -0.3 is 9.55 Å². The largest absolute Gasteiger partial charge is 0.331 e. The third-order valence-electron chi connectivity index (χ3n) is 3.47. The van der Waals surface area contributed by atoms with Crippen molar-refractivity contribution >= 4 is 33.1 Å². The molecule has 0 atom stereocenters. The molecule has 0 bridgehead atoms. The fraction of sp³-hybridized carbons (Fsp3) is 0.462. The van der Waals surface area contributed by atoms with Crippen molar-refractivity contribution in [1.29, 1.82) is 0 Å².